The summed E-state index contributed by atoms with van der Waals surface area (Å²) in [7, 11) is -7.57. The standard InChI is InChI=1S/C27H58O7Si4/c1-18(20(3)31-35(4,5)6)24-23(30-24)16-22-27(34-38(13,14)15)26(33-37(10,11)12)21(17-29-22)25(19(2)28)32-36(7,8)9/h18,20-27H,16-17H2,1-15H3/t18-,20+,21-,22-,23+,24+,25?,26-,27-/m1/s1. The minimum absolute atomic E-state index is 0.0335. The van der Waals surface area contributed by atoms with Crippen LogP contribution in [0, 0.1) is 11.8 Å². The van der Waals surface area contributed by atoms with Crippen LogP contribution in [0.2, 0.25) is 78.6 Å². The number of carbonyl (C=O) groups is 1. The van der Waals surface area contributed by atoms with E-state index in [0.29, 0.717) is 12.5 Å². The Labute approximate surface area is 237 Å². The third-order valence-corrected chi connectivity index (χ3v) is 10.7. The van der Waals surface area contributed by atoms with E-state index in [9.17, 15) is 4.79 Å². The normalized spacial score (nSPS) is 31.6. The molecule has 0 radical (unpaired) electrons. The van der Waals surface area contributed by atoms with E-state index < -0.39 is 39.4 Å². The van der Waals surface area contributed by atoms with Gasteiger partial charge in [0.25, 0.3) is 0 Å². The van der Waals surface area contributed by atoms with E-state index in [1.54, 1.807) is 6.92 Å². The summed E-state index contributed by atoms with van der Waals surface area (Å²) in [4.78, 5) is 12.9. The Morgan fingerprint density at radius 2 is 1.26 bits per heavy atom. The number of rotatable bonds is 14. The molecular formula is C27H58O7Si4. The lowest BCUT2D eigenvalue weighted by atomic mass is 9.85. The summed E-state index contributed by atoms with van der Waals surface area (Å²) in [6.07, 6.45) is -0.0677. The molecule has 0 saturated carbocycles. The van der Waals surface area contributed by atoms with Crippen LogP contribution in [0.1, 0.15) is 27.2 Å². The van der Waals surface area contributed by atoms with Crippen LogP contribution in [-0.4, -0.2) is 88.4 Å². The van der Waals surface area contributed by atoms with Gasteiger partial charge in [-0.15, -0.1) is 0 Å². The largest absolute Gasteiger partial charge is 0.415 e. The molecule has 11 heteroatoms. The van der Waals surface area contributed by atoms with Crippen molar-refractivity contribution in [1.29, 1.82) is 0 Å². The molecule has 0 bridgehead atoms. The first-order valence-corrected chi connectivity index (χ1v) is 28.1. The number of carbonyl (C=O) groups excluding carboxylic acids is 1. The Morgan fingerprint density at radius 1 is 0.763 bits per heavy atom. The Hall–Kier alpha value is 0.298. The van der Waals surface area contributed by atoms with Gasteiger partial charge in [-0.1, -0.05) is 6.92 Å². The highest BCUT2D eigenvalue weighted by molar-refractivity contribution is 6.71. The SMILES string of the molecule is CC(=O)C(O[Si](C)(C)C)[C@H]1CO[C@H](C[C@@H]2O[C@H]2[C@H](C)[C@H](C)O[Si](C)(C)C)[C@@H](O[Si](C)(C)C)[C@@H]1O[Si](C)(C)C. The predicted octanol–water partition coefficient (Wildman–Crippen LogP) is 6.28. The lowest BCUT2D eigenvalue weighted by Crippen LogP contribution is -2.62. The van der Waals surface area contributed by atoms with Crippen LogP contribution in [0.3, 0.4) is 0 Å². The maximum atomic E-state index is 12.9. The molecule has 0 spiro atoms. The Kier molecular flexibility index (Phi) is 11.5. The third kappa shape index (κ3) is 11.3. The van der Waals surface area contributed by atoms with Crippen LogP contribution < -0.4 is 0 Å². The van der Waals surface area contributed by atoms with Gasteiger partial charge in [0.15, 0.2) is 39.1 Å². The first-order chi connectivity index (χ1) is 17.0. The summed E-state index contributed by atoms with van der Waals surface area (Å²) in [5.41, 5.74) is 0. The van der Waals surface area contributed by atoms with Gasteiger partial charge < -0.3 is 27.2 Å². The number of Topliss-reactive ketones (excluding diaryl/α,β-unsaturated/α-hetero) is 1. The quantitative estimate of drug-likeness (QED) is 0.170. The predicted molar refractivity (Wildman–Crippen MR) is 165 cm³/mol. The summed E-state index contributed by atoms with van der Waals surface area (Å²) in [6.45, 7) is 32.7. The number of ketones is 1. The molecule has 0 aromatic rings. The molecule has 0 aromatic carbocycles. The van der Waals surface area contributed by atoms with Crippen molar-refractivity contribution in [3.8, 4) is 0 Å². The molecule has 2 aliphatic rings. The van der Waals surface area contributed by atoms with Crippen molar-refractivity contribution in [3.05, 3.63) is 0 Å². The highest BCUT2D eigenvalue weighted by atomic mass is 28.4. The number of hydrogen-bond donors (Lipinski definition) is 0. The Morgan fingerprint density at radius 3 is 1.71 bits per heavy atom. The second-order valence-corrected chi connectivity index (χ2v) is 33.2. The first kappa shape index (κ1) is 34.5. The molecule has 2 rings (SSSR count). The van der Waals surface area contributed by atoms with Crippen molar-refractivity contribution in [2.75, 3.05) is 6.61 Å². The number of hydrogen-bond acceptors (Lipinski definition) is 7. The zero-order valence-corrected chi connectivity index (χ0v) is 31.0. The molecule has 0 N–H and O–H groups in total. The highest BCUT2D eigenvalue weighted by Crippen LogP contribution is 2.41. The summed E-state index contributed by atoms with van der Waals surface area (Å²) in [5, 5.41) is 0. The molecular weight excluding hydrogens is 549 g/mol. The van der Waals surface area contributed by atoms with Gasteiger partial charge in [-0.25, -0.2) is 0 Å². The van der Waals surface area contributed by atoms with Gasteiger partial charge in [0.1, 0.15) is 6.10 Å². The molecule has 7 nitrogen and oxygen atoms in total. The topological polar surface area (TPSA) is 75.8 Å². The molecule has 1 unspecified atom stereocenters. The van der Waals surface area contributed by atoms with Gasteiger partial charge in [-0.2, -0.15) is 0 Å². The van der Waals surface area contributed by atoms with Gasteiger partial charge in [-0.3, -0.25) is 4.79 Å². The van der Waals surface area contributed by atoms with Gasteiger partial charge in [0, 0.05) is 24.4 Å². The van der Waals surface area contributed by atoms with E-state index in [4.69, 9.17) is 27.2 Å². The van der Waals surface area contributed by atoms with Gasteiger partial charge in [-0.05, 0) is 92.4 Å². The van der Waals surface area contributed by atoms with Crippen LogP contribution in [0.4, 0.5) is 0 Å². The van der Waals surface area contributed by atoms with E-state index in [2.05, 4.69) is 92.4 Å². The summed E-state index contributed by atoms with van der Waals surface area (Å²) >= 11 is 0. The van der Waals surface area contributed by atoms with E-state index in [1.807, 2.05) is 0 Å². The highest BCUT2D eigenvalue weighted by Gasteiger charge is 2.53. The molecule has 0 aromatic heterocycles. The van der Waals surface area contributed by atoms with Gasteiger partial charge in [0.2, 0.25) is 0 Å². The van der Waals surface area contributed by atoms with Crippen molar-refractivity contribution < 1.29 is 32.0 Å². The zero-order valence-electron chi connectivity index (χ0n) is 27.0. The van der Waals surface area contributed by atoms with Crippen LogP contribution in [0.5, 0.6) is 0 Å². The Balaban J connectivity index is 2.31. The van der Waals surface area contributed by atoms with Crippen molar-refractivity contribution in [3.63, 3.8) is 0 Å². The number of epoxide rings is 1. The van der Waals surface area contributed by atoms with Crippen molar-refractivity contribution in [2.45, 2.75) is 148 Å². The fourth-order valence-corrected chi connectivity index (χ4v) is 9.94. The molecule has 224 valence electrons. The van der Waals surface area contributed by atoms with E-state index >= 15 is 0 Å². The lowest BCUT2D eigenvalue weighted by Gasteiger charge is -2.49. The maximum Gasteiger partial charge on any atom is 0.184 e. The molecule has 2 aliphatic heterocycles. The zero-order chi connectivity index (χ0) is 29.4. The molecule has 2 fully saturated rings. The lowest BCUT2D eigenvalue weighted by molar-refractivity contribution is -0.176. The summed E-state index contributed by atoms with van der Waals surface area (Å²) in [6, 6.07) is 0. The molecule has 0 amide bonds. The fourth-order valence-electron chi connectivity index (χ4n) is 5.28. The van der Waals surface area contributed by atoms with E-state index in [0.717, 1.165) is 6.42 Å². The monoisotopic (exact) mass is 606 g/mol. The van der Waals surface area contributed by atoms with E-state index in [-0.39, 0.29) is 48.3 Å². The molecule has 2 heterocycles. The first-order valence-electron chi connectivity index (χ1n) is 14.5. The van der Waals surface area contributed by atoms with Gasteiger partial charge in [0.05, 0.1) is 37.1 Å². The average Bonchev–Trinajstić information content (AvgIpc) is 3.43. The average molecular weight is 607 g/mol. The third-order valence-electron chi connectivity index (χ3n) is 6.75. The fraction of sp³-hybridized carbons (Fsp3) is 0.963. The van der Waals surface area contributed by atoms with Crippen molar-refractivity contribution in [2.24, 2.45) is 11.8 Å². The second kappa shape index (κ2) is 12.7. The molecule has 38 heavy (non-hydrogen) atoms. The maximum absolute atomic E-state index is 12.9. The minimum atomic E-state index is -1.99. The second-order valence-electron chi connectivity index (χ2n) is 15.4. The van der Waals surface area contributed by atoms with Gasteiger partial charge >= 0.3 is 0 Å². The van der Waals surface area contributed by atoms with E-state index in [1.165, 1.54) is 0 Å². The summed E-state index contributed by atoms with van der Waals surface area (Å²) in [5.74, 6) is 0.135. The molecule has 2 saturated heterocycles. The summed E-state index contributed by atoms with van der Waals surface area (Å²) < 4.78 is 39.3. The smallest absolute Gasteiger partial charge is 0.184 e. The van der Waals surface area contributed by atoms with Crippen molar-refractivity contribution in [1.82, 2.24) is 0 Å². The number of ether oxygens (including phenoxy) is 2. The van der Waals surface area contributed by atoms with Crippen LogP contribution in [0.15, 0.2) is 0 Å². The minimum Gasteiger partial charge on any atom is -0.415 e. The van der Waals surface area contributed by atoms with Crippen LogP contribution in [-0.2, 0) is 32.0 Å². The van der Waals surface area contributed by atoms with Crippen molar-refractivity contribution >= 4 is 39.1 Å². The molecule has 9 atom stereocenters. The Bertz CT molecular complexity index is 784. The van der Waals surface area contributed by atoms with Crippen LogP contribution >= 0.6 is 0 Å². The molecule has 0 aliphatic carbocycles. The van der Waals surface area contributed by atoms with Crippen LogP contribution in [0.25, 0.3) is 0 Å².